The first kappa shape index (κ1) is 14.2. The van der Waals surface area contributed by atoms with Crippen LogP contribution in [0.15, 0.2) is 24.3 Å². The van der Waals surface area contributed by atoms with Crippen molar-refractivity contribution >= 4 is 5.65 Å². The lowest BCUT2D eigenvalue weighted by Crippen LogP contribution is -2.13. The molecule has 2 aromatic heterocycles. The van der Waals surface area contributed by atoms with Gasteiger partial charge in [-0.1, -0.05) is 12.1 Å². The fourth-order valence-corrected chi connectivity index (χ4v) is 3.64. The maximum atomic E-state index is 5.26. The van der Waals surface area contributed by atoms with Crippen molar-refractivity contribution in [2.24, 2.45) is 0 Å². The van der Waals surface area contributed by atoms with E-state index >= 15 is 0 Å². The predicted molar refractivity (Wildman–Crippen MR) is 91.1 cm³/mol. The summed E-state index contributed by atoms with van der Waals surface area (Å²) < 4.78 is 7.34. The van der Waals surface area contributed by atoms with E-state index in [4.69, 9.17) is 14.8 Å². The highest BCUT2D eigenvalue weighted by atomic mass is 16.5. The Balaban J connectivity index is 1.96. The lowest BCUT2D eigenvalue weighted by Gasteiger charge is -2.18. The fraction of sp³-hybridized carbons (Fsp3) is 0.368. The summed E-state index contributed by atoms with van der Waals surface area (Å²) in [7, 11) is 1.69. The Kier molecular flexibility index (Phi) is 3.33. The normalized spacial score (nSPS) is 14.0. The van der Waals surface area contributed by atoms with Gasteiger partial charge in [0.05, 0.1) is 12.8 Å². The van der Waals surface area contributed by atoms with E-state index in [0.29, 0.717) is 0 Å². The van der Waals surface area contributed by atoms with Crippen molar-refractivity contribution in [1.82, 2.24) is 14.6 Å². The molecule has 23 heavy (non-hydrogen) atoms. The number of benzene rings is 1. The number of fused-ring (bicyclic) bond motifs is 3. The van der Waals surface area contributed by atoms with Gasteiger partial charge in [-0.15, -0.1) is 0 Å². The first-order valence-electron chi connectivity index (χ1n) is 8.21. The minimum atomic E-state index is 0.865. The number of ether oxygens (including phenoxy) is 1. The monoisotopic (exact) mass is 307 g/mol. The molecule has 0 saturated heterocycles. The van der Waals surface area contributed by atoms with Crippen molar-refractivity contribution in [3.8, 4) is 16.9 Å². The van der Waals surface area contributed by atoms with Crippen molar-refractivity contribution in [2.45, 2.75) is 39.5 Å². The minimum absolute atomic E-state index is 0.865. The Morgan fingerprint density at radius 2 is 1.74 bits per heavy atom. The molecule has 0 spiro atoms. The minimum Gasteiger partial charge on any atom is -0.497 e. The average Bonchev–Trinajstić information content (AvgIpc) is 2.91. The van der Waals surface area contributed by atoms with E-state index in [-0.39, 0.29) is 0 Å². The lowest BCUT2D eigenvalue weighted by molar-refractivity contribution is 0.415. The summed E-state index contributed by atoms with van der Waals surface area (Å²) in [6.07, 6.45) is 4.72. The summed E-state index contributed by atoms with van der Waals surface area (Å²) >= 11 is 0. The van der Waals surface area contributed by atoms with Gasteiger partial charge >= 0.3 is 0 Å². The van der Waals surface area contributed by atoms with Gasteiger partial charge in [0.15, 0.2) is 5.65 Å². The van der Waals surface area contributed by atoms with E-state index in [2.05, 4.69) is 30.5 Å². The van der Waals surface area contributed by atoms with Crippen molar-refractivity contribution in [3.05, 3.63) is 46.9 Å². The van der Waals surface area contributed by atoms with Gasteiger partial charge in [-0.25, -0.2) is 9.50 Å². The van der Waals surface area contributed by atoms with Crippen molar-refractivity contribution in [3.63, 3.8) is 0 Å². The molecule has 0 radical (unpaired) electrons. The van der Waals surface area contributed by atoms with E-state index in [1.165, 1.54) is 24.1 Å². The summed E-state index contributed by atoms with van der Waals surface area (Å²) in [6, 6.07) is 8.14. The fourth-order valence-electron chi connectivity index (χ4n) is 3.64. The van der Waals surface area contributed by atoms with Crippen molar-refractivity contribution in [2.75, 3.05) is 7.11 Å². The standard InChI is InChI=1S/C19H21N3O/c1-12-16-6-4-5-7-17(16)22-19(20-12)18(13(2)21-22)14-8-10-15(23-3)11-9-14/h8-11H,4-7H2,1-3H3. The molecular weight excluding hydrogens is 286 g/mol. The van der Waals surface area contributed by atoms with Crippen LogP contribution in [-0.2, 0) is 12.8 Å². The van der Waals surface area contributed by atoms with Gasteiger partial charge in [-0.3, -0.25) is 0 Å². The molecule has 0 unspecified atom stereocenters. The SMILES string of the molecule is COc1ccc(-c2c(C)nn3c4c(c(C)nc23)CCCC4)cc1. The molecule has 1 aromatic carbocycles. The van der Waals surface area contributed by atoms with Crippen LogP contribution in [0.25, 0.3) is 16.8 Å². The van der Waals surface area contributed by atoms with Gasteiger partial charge in [0.1, 0.15) is 5.75 Å². The molecule has 2 heterocycles. The molecule has 118 valence electrons. The number of aromatic nitrogens is 3. The highest BCUT2D eigenvalue weighted by Gasteiger charge is 2.21. The smallest absolute Gasteiger partial charge is 0.163 e. The second-order valence-electron chi connectivity index (χ2n) is 6.25. The quantitative estimate of drug-likeness (QED) is 0.721. The van der Waals surface area contributed by atoms with Gasteiger partial charge in [0.25, 0.3) is 0 Å². The number of hydrogen-bond donors (Lipinski definition) is 0. The van der Waals surface area contributed by atoms with Crippen LogP contribution in [0.3, 0.4) is 0 Å². The van der Waals surface area contributed by atoms with Crippen LogP contribution in [0.5, 0.6) is 5.75 Å². The van der Waals surface area contributed by atoms with E-state index in [1.54, 1.807) is 7.11 Å². The Morgan fingerprint density at radius 3 is 2.48 bits per heavy atom. The highest BCUT2D eigenvalue weighted by molar-refractivity contribution is 5.80. The third kappa shape index (κ3) is 2.21. The van der Waals surface area contributed by atoms with Crippen LogP contribution in [0.1, 0.15) is 35.5 Å². The summed E-state index contributed by atoms with van der Waals surface area (Å²) in [6.45, 7) is 4.20. The molecular formula is C19H21N3O. The van der Waals surface area contributed by atoms with Crippen LogP contribution in [0.4, 0.5) is 0 Å². The molecule has 0 saturated carbocycles. The maximum Gasteiger partial charge on any atom is 0.163 e. The maximum absolute atomic E-state index is 5.26. The molecule has 4 nitrogen and oxygen atoms in total. The molecule has 1 aliphatic rings. The van der Waals surface area contributed by atoms with Crippen LogP contribution in [0, 0.1) is 13.8 Å². The Hall–Kier alpha value is -2.36. The molecule has 1 aliphatic carbocycles. The Bertz CT molecular complexity index is 878. The van der Waals surface area contributed by atoms with Crippen molar-refractivity contribution < 1.29 is 4.74 Å². The largest absolute Gasteiger partial charge is 0.497 e. The number of rotatable bonds is 2. The second-order valence-corrected chi connectivity index (χ2v) is 6.25. The van der Waals surface area contributed by atoms with Crippen LogP contribution >= 0.6 is 0 Å². The number of methoxy groups -OCH3 is 1. The van der Waals surface area contributed by atoms with Gasteiger partial charge in [0.2, 0.25) is 0 Å². The molecule has 0 N–H and O–H groups in total. The van der Waals surface area contributed by atoms with Gasteiger partial charge < -0.3 is 4.74 Å². The Labute approximate surface area is 136 Å². The Morgan fingerprint density at radius 1 is 1.00 bits per heavy atom. The first-order valence-corrected chi connectivity index (χ1v) is 8.21. The van der Waals surface area contributed by atoms with E-state index in [0.717, 1.165) is 46.8 Å². The van der Waals surface area contributed by atoms with Crippen molar-refractivity contribution in [1.29, 1.82) is 0 Å². The number of hydrogen-bond acceptors (Lipinski definition) is 3. The lowest BCUT2D eigenvalue weighted by atomic mass is 9.95. The zero-order valence-corrected chi connectivity index (χ0v) is 13.9. The molecule has 4 rings (SSSR count). The van der Waals surface area contributed by atoms with Crippen LogP contribution in [0.2, 0.25) is 0 Å². The zero-order valence-electron chi connectivity index (χ0n) is 13.9. The number of aryl methyl sites for hydroxylation is 3. The first-order chi connectivity index (χ1) is 11.2. The average molecular weight is 307 g/mol. The molecule has 0 atom stereocenters. The molecule has 0 bridgehead atoms. The summed E-state index contributed by atoms with van der Waals surface area (Å²) in [5.41, 5.74) is 8.17. The van der Waals surface area contributed by atoms with E-state index in [1.807, 2.05) is 12.1 Å². The highest BCUT2D eigenvalue weighted by Crippen LogP contribution is 2.32. The predicted octanol–water partition coefficient (Wildman–Crippen LogP) is 3.90. The third-order valence-electron chi connectivity index (χ3n) is 4.82. The third-order valence-corrected chi connectivity index (χ3v) is 4.82. The second kappa shape index (κ2) is 5.37. The molecule has 0 amide bonds. The van der Waals surface area contributed by atoms with Gasteiger partial charge in [-0.2, -0.15) is 5.10 Å². The van der Waals surface area contributed by atoms with Gasteiger partial charge in [-0.05, 0) is 62.8 Å². The van der Waals surface area contributed by atoms with E-state index < -0.39 is 0 Å². The molecule has 0 aliphatic heterocycles. The summed E-state index contributed by atoms with van der Waals surface area (Å²) in [4.78, 5) is 4.90. The van der Waals surface area contributed by atoms with Crippen LogP contribution < -0.4 is 4.74 Å². The molecule has 0 fully saturated rings. The summed E-state index contributed by atoms with van der Waals surface area (Å²) in [5.74, 6) is 0.865. The molecule has 4 heteroatoms. The van der Waals surface area contributed by atoms with Gasteiger partial charge in [0, 0.05) is 17.0 Å². The number of nitrogens with zero attached hydrogens (tertiary/aromatic N) is 3. The topological polar surface area (TPSA) is 39.4 Å². The van der Waals surface area contributed by atoms with E-state index in [9.17, 15) is 0 Å². The zero-order chi connectivity index (χ0) is 16.0. The molecule has 3 aromatic rings. The summed E-state index contributed by atoms with van der Waals surface area (Å²) in [5, 5.41) is 4.81. The van der Waals surface area contributed by atoms with Crippen LogP contribution in [-0.4, -0.2) is 21.7 Å².